The zero-order chi connectivity index (χ0) is 10.1. The molecule has 0 fully saturated rings. The van der Waals surface area contributed by atoms with Crippen LogP contribution >= 0.6 is 0 Å². The van der Waals surface area contributed by atoms with Crippen LogP contribution in [0.15, 0.2) is 18.2 Å². The lowest BCUT2D eigenvalue weighted by molar-refractivity contribution is 0.489. The van der Waals surface area contributed by atoms with Gasteiger partial charge in [0.15, 0.2) is 0 Å². The molecule has 0 saturated heterocycles. The first-order valence-corrected chi connectivity index (χ1v) is 4.84. The summed E-state index contributed by atoms with van der Waals surface area (Å²) in [4.78, 5) is 0. The SMILES string of the molecule is Cc1c(F)cccc1NS(=O)(=O)O. The van der Waals surface area contributed by atoms with Crippen molar-refractivity contribution in [2.24, 2.45) is 0 Å². The molecule has 0 unspecified atom stereocenters. The van der Waals surface area contributed by atoms with E-state index in [0.717, 1.165) is 0 Å². The number of rotatable bonds is 2. The van der Waals surface area contributed by atoms with Crippen molar-refractivity contribution in [2.45, 2.75) is 6.92 Å². The van der Waals surface area contributed by atoms with Crippen molar-refractivity contribution in [3.63, 3.8) is 0 Å². The lowest BCUT2D eigenvalue weighted by Crippen LogP contribution is -2.11. The Morgan fingerprint density at radius 3 is 2.62 bits per heavy atom. The summed E-state index contributed by atoms with van der Waals surface area (Å²) in [7, 11) is -4.33. The second-order valence-electron chi connectivity index (χ2n) is 2.49. The number of halogens is 1. The molecule has 0 atom stereocenters. The minimum absolute atomic E-state index is 0.0301. The Hall–Kier alpha value is -1.14. The van der Waals surface area contributed by atoms with Gasteiger partial charge in [-0.15, -0.1) is 0 Å². The summed E-state index contributed by atoms with van der Waals surface area (Å²) < 4.78 is 43.8. The van der Waals surface area contributed by atoms with Crippen molar-refractivity contribution in [2.75, 3.05) is 4.72 Å². The predicted molar refractivity (Wildman–Crippen MR) is 46.3 cm³/mol. The van der Waals surface area contributed by atoms with Crippen LogP contribution in [0, 0.1) is 12.7 Å². The molecule has 0 saturated carbocycles. The Kier molecular flexibility index (Phi) is 2.53. The number of nitrogens with one attached hydrogen (secondary N) is 1. The van der Waals surface area contributed by atoms with Crippen LogP contribution in [0.4, 0.5) is 10.1 Å². The number of hydrogen-bond acceptors (Lipinski definition) is 2. The number of hydrogen-bond donors (Lipinski definition) is 2. The van der Waals surface area contributed by atoms with E-state index in [4.69, 9.17) is 4.55 Å². The molecule has 0 aliphatic rings. The Morgan fingerprint density at radius 1 is 1.46 bits per heavy atom. The third-order valence-electron chi connectivity index (χ3n) is 1.51. The molecule has 2 N–H and O–H groups in total. The molecule has 1 aromatic rings. The van der Waals surface area contributed by atoms with Crippen LogP contribution in [0.2, 0.25) is 0 Å². The van der Waals surface area contributed by atoms with Gasteiger partial charge in [0, 0.05) is 5.56 Å². The van der Waals surface area contributed by atoms with Gasteiger partial charge >= 0.3 is 10.3 Å². The molecule has 0 amide bonds. The topological polar surface area (TPSA) is 66.4 Å². The molecule has 0 aliphatic heterocycles. The van der Waals surface area contributed by atoms with Gasteiger partial charge in [0.05, 0.1) is 5.69 Å². The summed E-state index contributed by atoms with van der Waals surface area (Å²) in [6.07, 6.45) is 0. The molecule has 6 heteroatoms. The predicted octanol–water partition coefficient (Wildman–Crippen LogP) is 1.35. The maximum atomic E-state index is 12.8. The van der Waals surface area contributed by atoms with Crippen molar-refractivity contribution >= 4 is 16.0 Å². The largest absolute Gasteiger partial charge is 0.357 e. The normalized spacial score (nSPS) is 11.3. The maximum absolute atomic E-state index is 12.8. The molecule has 0 bridgehead atoms. The lowest BCUT2D eigenvalue weighted by atomic mass is 10.2. The average Bonchev–Trinajstić information content (AvgIpc) is 1.96. The van der Waals surface area contributed by atoms with E-state index in [0.29, 0.717) is 0 Å². The first-order chi connectivity index (χ1) is 5.90. The zero-order valence-corrected chi connectivity index (χ0v) is 7.60. The standard InChI is InChI=1S/C7H8FNO3S/c1-5-6(8)3-2-4-7(5)9-13(10,11)12/h2-4,9H,1H3,(H,10,11,12). The van der Waals surface area contributed by atoms with Gasteiger partial charge in [0.2, 0.25) is 0 Å². The maximum Gasteiger partial charge on any atom is 0.357 e. The molecule has 1 rings (SSSR count). The fourth-order valence-corrected chi connectivity index (χ4v) is 1.36. The minimum Gasteiger partial charge on any atom is -0.269 e. The average molecular weight is 205 g/mol. The summed E-state index contributed by atoms with van der Waals surface area (Å²) in [6, 6.07) is 3.90. The Bertz CT molecular complexity index is 416. The molecule has 0 heterocycles. The van der Waals surface area contributed by atoms with Crippen LogP contribution in [0.3, 0.4) is 0 Å². The summed E-state index contributed by atoms with van der Waals surface area (Å²) in [6.45, 7) is 1.41. The molecule has 0 aromatic heterocycles. The molecule has 0 spiro atoms. The van der Waals surface area contributed by atoms with Gasteiger partial charge < -0.3 is 0 Å². The zero-order valence-electron chi connectivity index (χ0n) is 6.78. The summed E-state index contributed by atoms with van der Waals surface area (Å²) in [5, 5.41) is 0. The second kappa shape index (κ2) is 3.31. The number of benzene rings is 1. The summed E-state index contributed by atoms with van der Waals surface area (Å²) >= 11 is 0. The van der Waals surface area contributed by atoms with Gasteiger partial charge in [0.1, 0.15) is 5.82 Å². The Balaban J connectivity index is 3.10. The fraction of sp³-hybridized carbons (Fsp3) is 0.143. The highest BCUT2D eigenvalue weighted by molar-refractivity contribution is 7.87. The van der Waals surface area contributed by atoms with Gasteiger partial charge in [-0.25, -0.2) is 4.39 Å². The van der Waals surface area contributed by atoms with Crippen molar-refractivity contribution in [3.05, 3.63) is 29.6 Å². The molecule has 13 heavy (non-hydrogen) atoms. The monoisotopic (exact) mass is 205 g/mol. The Labute approximate surface area is 75.3 Å². The van der Waals surface area contributed by atoms with Crippen molar-refractivity contribution in [1.82, 2.24) is 0 Å². The summed E-state index contributed by atoms with van der Waals surface area (Å²) in [5.74, 6) is -0.534. The van der Waals surface area contributed by atoms with Gasteiger partial charge in [-0.2, -0.15) is 8.42 Å². The highest BCUT2D eigenvalue weighted by atomic mass is 32.2. The van der Waals surface area contributed by atoms with Gasteiger partial charge in [-0.1, -0.05) is 6.07 Å². The quantitative estimate of drug-likeness (QED) is 0.716. The third kappa shape index (κ3) is 2.67. The fourth-order valence-electron chi connectivity index (χ4n) is 0.857. The van der Waals surface area contributed by atoms with Crippen LogP contribution in [0.1, 0.15) is 5.56 Å². The van der Waals surface area contributed by atoms with E-state index in [-0.39, 0.29) is 11.3 Å². The highest BCUT2D eigenvalue weighted by Crippen LogP contribution is 2.17. The van der Waals surface area contributed by atoms with Crippen LogP contribution in [0.25, 0.3) is 0 Å². The van der Waals surface area contributed by atoms with Gasteiger partial charge in [-0.05, 0) is 19.1 Å². The van der Waals surface area contributed by atoms with E-state index in [1.807, 2.05) is 0 Å². The van der Waals surface area contributed by atoms with Gasteiger partial charge in [-0.3, -0.25) is 9.27 Å². The summed E-state index contributed by atoms with van der Waals surface area (Å²) in [5.41, 5.74) is 0.169. The second-order valence-corrected chi connectivity index (χ2v) is 3.64. The number of anilines is 1. The molecule has 0 radical (unpaired) electrons. The molecule has 1 aromatic carbocycles. The van der Waals surface area contributed by atoms with Crippen molar-refractivity contribution < 1.29 is 17.4 Å². The third-order valence-corrected chi connectivity index (χ3v) is 1.98. The van der Waals surface area contributed by atoms with Crippen molar-refractivity contribution in [1.29, 1.82) is 0 Å². The molecule has 72 valence electrons. The van der Waals surface area contributed by atoms with Crippen LogP contribution in [0.5, 0.6) is 0 Å². The van der Waals surface area contributed by atoms with E-state index in [9.17, 15) is 12.8 Å². The van der Waals surface area contributed by atoms with Crippen LogP contribution < -0.4 is 4.72 Å². The highest BCUT2D eigenvalue weighted by Gasteiger charge is 2.08. The molecular weight excluding hydrogens is 197 g/mol. The van der Waals surface area contributed by atoms with E-state index >= 15 is 0 Å². The first kappa shape index (κ1) is 9.94. The molecule has 0 aliphatic carbocycles. The minimum atomic E-state index is -4.33. The van der Waals surface area contributed by atoms with E-state index in [2.05, 4.69) is 0 Å². The lowest BCUT2D eigenvalue weighted by Gasteiger charge is -2.06. The Morgan fingerprint density at radius 2 is 2.08 bits per heavy atom. The van der Waals surface area contributed by atoms with Crippen LogP contribution in [-0.4, -0.2) is 13.0 Å². The van der Waals surface area contributed by atoms with Crippen molar-refractivity contribution in [3.8, 4) is 0 Å². The first-order valence-electron chi connectivity index (χ1n) is 3.40. The van der Waals surface area contributed by atoms with E-state index < -0.39 is 16.1 Å². The van der Waals surface area contributed by atoms with Gasteiger partial charge in [0.25, 0.3) is 0 Å². The van der Waals surface area contributed by atoms with Crippen LogP contribution in [-0.2, 0) is 10.3 Å². The molecule has 4 nitrogen and oxygen atoms in total. The smallest absolute Gasteiger partial charge is 0.269 e. The van der Waals surface area contributed by atoms with E-state index in [1.165, 1.54) is 25.1 Å². The molecular formula is C7H8FNO3S. The van der Waals surface area contributed by atoms with E-state index in [1.54, 1.807) is 4.72 Å².